The number of para-hydroxylation sites is 1. The predicted molar refractivity (Wildman–Crippen MR) is 123 cm³/mol. The highest BCUT2D eigenvalue weighted by atomic mass is 35.5. The molecule has 164 valence electrons. The summed E-state index contributed by atoms with van der Waals surface area (Å²) in [5.74, 6) is 1.15. The van der Waals surface area contributed by atoms with Gasteiger partial charge in [-0.3, -0.25) is 4.79 Å². The maximum Gasteiger partial charge on any atom is 0.237 e. The van der Waals surface area contributed by atoms with E-state index < -0.39 is 10.8 Å². The summed E-state index contributed by atoms with van der Waals surface area (Å²) in [5, 5.41) is 3.83. The summed E-state index contributed by atoms with van der Waals surface area (Å²) >= 11 is 12.7. The monoisotopic (exact) mass is 469 g/mol. The number of rotatable bonds is 2. The maximum atomic E-state index is 14.0. The lowest BCUT2D eigenvalue weighted by Crippen LogP contribution is -2.48. The highest BCUT2D eigenvalue weighted by Gasteiger charge is 2.73. The smallest absolute Gasteiger partial charge is 0.237 e. The molecule has 1 saturated carbocycles. The van der Waals surface area contributed by atoms with Crippen molar-refractivity contribution >= 4 is 45.8 Å². The number of fused-ring (bicyclic) bond motifs is 7. The average molecular weight is 470 g/mol. The third-order valence-corrected chi connectivity index (χ3v) is 8.75. The SMILES string of the molecule is CC12CCC(C(=O)Nc3c(Cl)cccc3Cl)(c3nc4cc5c(cc4nc31)OCO5)C2(C)C. The molecule has 2 aromatic carbocycles. The second kappa shape index (κ2) is 6.27. The first kappa shape index (κ1) is 20.1. The first-order valence-electron chi connectivity index (χ1n) is 10.6. The normalized spacial score (nSPS) is 26.4. The molecule has 0 radical (unpaired) electrons. The second-order valence-electron chi connectivity index (χ2n) is 9.53. The van der Waals surface area contributed by atoms with Crippen molar-refractivity contribution in [2.45, 2.75) is 44.4 Å². The number of nitrogens with zero attached hydrogens (tertiary/aromatic N) is 2. The fourth-order valence-electron chi connectivity index (χ4n) is 5.83. The number of aromatic nitrogens is 2. The number of carbonyl (C=O) groups is 1. The Morgan fingerprint density at radius 2 is 1.56 bits per heavy atom. The van der Waals surface area contributed by atoms with Crippen molar-refractivity contribution < 1.29 is 14.3 Å². The molecule has 2 aliphatic carbocycles. The number of hydrogen-bond acceptors (Lipinski definition) is 5. The number of halogens is 2. The third kappa shape index (κ3) is 2.24. The van der Waals surface area contributed by atoms with E-state index in [2.05, 4.69) is 26.1 Å². The summed E-state index contributed by atoms with van der Waals surface area (Å²) in [5.41, 5.74) is 1.85. The molecular weight excluding hydrogens is 449 g/mol. The first-order valence-corrected chi connectivity index (χ1v) is 11.3. The van der Waals surface area contributed by atoms with Gasteiger partial charge in [0.25, 0.3) is 0 Å². The summed E-state index contributed by atoms with van der Waals surface area (Å²) in [6.45, 7) is 6.63. The molecule has 2 bridgehead atoms. The van der Waals surface area contributed by atoms with E-state index in [4.69, 9.17) is 42.6 Å². The largest absolute Gasteiger partial charge is 0.454 e. The molecule has 6 nitrogen and oxygen atoms in total. The molecule has 3 aliphatic rings. The number of anilines is 1. The molecule has 1 fully saturated rings. The van der Waals surface area contributed by atoms with Crippen LogP contribution in [0.5, 0.6) is 11.5 Å². The molecule has 6 rings (SSSR count). The van der Waals surface area contributed by atoms with Crippen LogP contribution in [0.2, 0.25) is 10.0 Å². The van der Waals surface area contributed by atoms with Gasteiger partial charge in [0.05, 0.1) is 43.6 Å². The molecule has 1 aromatic heterocycles. The summed E-state index contributed by atoms with van der Waals surface area (Å²) in [7, 11) is 0. The number of benzene rings is 2. The van der Waals surface area contributed by atoms with Crippen molar-refractivity contribution in [3.05, 3.63) is 51.8 Å². The lowest BCUT2D eigenvalue weighted by Gasteiger charge is -2.39. The number of ether oxygens (including phenoxy) is 2. The molecular formula is C24H21Cl2N3O3. The number of nitrogens with one attached hydrogen (secondary N) is 1. The van der Waals surface area contributed by atoms with Crippen molar-refractivity contribution in [3.63, 3.8) is 0 Å². The van der Waals surface area contributed by atoms with Crippen molar-refractivity contribution in [3.8, 4) is 11.5 Å². The average Bonchev–Trinajstić information content (AvgIpc) is 3.32. The van der Waals surface area contributed by atoms with E-state index in [1.54, 1.807) is 18.2 Å². The second-order valence-corrected chi connectivity index (χ2v) is 10.3. The molecule has 1 N–H and O–H groups in total. The standard InChI is InChI=1S/C24H21Cl2N3O3/c1-22(2)23(3)7-8-24(22,21(30)29-18-12(25)5-4-6-13(18)26)20-19(23)27-14-9-16-17(32-11-31-16)10-15(14)28-20/h4-6,9-10H,7-8,11H2,1-3H3,(H,29,30). The Kier molecular flexibility index (Phi) is 3.93. The molecule has 1 amide bonds. The fourth-order valence-corrected chi connectivity index (χ4v) is 6.33. The van der Waals surface area contributed by atoms with Gasteiger partial charge in [-0.05, 0) is 30.4 Å². The van der Waals surface area contributed by atoms with Gasteiger partial charge >= 0.3 is 0 Å². The van der Waals surface area contributed by atoms with Crippen LogP contribution >= 0.6 is 23.2 Å². The number of amides is 1. The molecule has 2 heterocycles. The van der Waals surface area contributed by atoms with Gasteiger partial charge in [-0.25, -0.2) is 9.97 Å². The van der Waals surface area contributed by atoms with Crippen LogP contribution < -0.4 is 14.8 Å². The van der Waals surface area contributed by atoms with E-state index in [1.165, 1.54) is 0 Å². The van der Waals surface area contributed by atoms with Crippen LogP contribution in [-0.2, 0) is 15.6 Å². The lowest BCUT2D eigenvalue weighted by atomic mass is 9.63. The Labute approximate surface area is 195 Å². The minimum atomic E-state index is -0.864. The Morgan fingerprint density at radius 1 is 0.969 bits per heavy atom. The highest BCUT2D eigenvalue weighted by molar-refractivity contribution is 6.39. The van der Waals surface area contributed by atoms with Crippen molar-refractivity contribution in [2.75, 3.05) is 12.1 Å². The Morgan fingerprint density at radius 3 is 2.19 bits per heavy atom. The van der Waals surface area contributed by atoms with Gasteiger partial charge in [-0.15, -0.1) is 0 Å². The van der Waals surface area contributed by atoms with Gasteiger partial charge in [-0.2, -0.15) is 0 Å². The van der Waals surface area contributed by atoms with Gasteiger partial charge in [0.15, 0.2) is 11.5 Å². The zero-order valence-corrected chi connectivity index (χ0v) is 19.4. The van der Waals surface area contributed by atoms with Gasteiger partial charge in [-0.1, -0.05) is 50.0 Å². The topological polar surface area (TPSA) is 73.3 Å². The van der Waals surface area contributed by atoms with Crippen LogP contribution in [0.15, 0.2) is 30.3 Å². The van der Waals surface area contributed by atoms with Crippen molar-refractivity contribution in [2.24, 2.45) is 5.41 Å². The molecule has 32 heavy (non-hydrogen) atoms. The van der Waals surface area contributed by atoms with Crippen molar-refractivity contribution in [1.29, 1.82) is 0 Å². The summed E-state index contributed by atoms with van der Waals surface area (Å²) in [6.07, 6.45) is 1.50. The molecule has 3 aromatic rings. The van der Waals surface area contributed by atoms with E-state index in [0.29, 0.717) is 39.2 Å². The van der Waals surface area contributed by atoms with Crippen LogP contribution in [-0.4, -0.2) is 22.7 Å². The van der Waals surface area contributed by atoms with E-state index in [-0.39, 0.29) is 18.1 Å². The van der Waals surface area contributed by atoms with Crippen LogP contribution in [0.4, 0.5) is 5.69 Å². The fraction of sp³-hybridized carbons (Fsp3) is 0.375. The van der Waals surface area contributed by atoms with Gasteiger partial charge in [0.1, 0.15) is 0 Å². The van der Waals surface area contributed by atoms with E-state index in [0.717, 1.165) is 23.3 Å². The molecule has 1 aliphatic heterocycles. The van der Waals surface area contributed by atoms with E-state index >= 15 is 0 Å². The minimum Gasteiger partial charge on any atom is -0.454 e. The predicted octanol–water partition coefficient (Wildman–Crippen LogP) is 5.63. The quantitative estimate of drug-likeness (QED) is 0.525. The number of hydrogen-bond donors (Lipinski definition) is 1. The lowest BCUT2D eigenvalue weighted by molar-refractivity contribution is -0.125. The van der Waals surface area contributed by atoms with E-state index in [9.17, 15) is 4.79 Å². The van der Waals surface area contributed by atoms with E-state index in [1.807, 2.05) is 12.1 Å². The Balaban J connectivity index is 1.55. The van der Waals surface area contributed by atoms with Crippen LogP contribution in [0.3, 0.4) is 0 Å². The zero-order chi connectivity index (χ0) is 22.5. The zero-order valence-electron chi connectivity index (χ0n) is 17.9. The molecule has 8 heteroatoms. The van der Waals surface area contributed by atoms with Crippen LogP contribution in [0.1, 0.15) is 45.0 Å². The number of carbonyl (C=O) groups excluding carboxylic acids is 1. The summed E-state index contributed by atoms with van der Waals surface area (Å²) < 4.78 is 11.0. The van der Waals surface area contributed by atoms with Gasteiger partial charge < -0.3 is 14.8 Å². The summed E-state index contributed by atoms with van der Waals surface area (Å²) in [4.78, 5) is 24.0. The molecule has 0 spiro atoms. The molecule has 0 saturated heterocycles. The van der Waals surface area contributed by atoms with Crippen molar-refractivity contribution in [1.82, 2.24) is 9.97 Å². The van der Waals surface area contributed by atoms with Crippen LogP contribution in [0, 0.1) is 5.41 Å². The van der Waals surface area contributed by atoms with Gasteiger partial charge in [0.2, 0.25) is 12.7 Å². The van der Waals surface area contributed by atoms with Gasteiger partial charge in [0, 0.05) is 17.5 Å². The Bertz CT molecular complexity index is 1320. The minimum absolute atomic E-state index is 0.158. The Hall–Kier alpha value is -2.57. The van der Waals surface area contributed by atoms with Crippen LogP contribution in [0.25, 0.3) is 11.0 Å². The molecule has 2 atom stereocenters. The highest BCUT2D eigenvalue weighted by Crippen LogP contribution is 2.70. The summed E-state index contributed by atoms with van der Waals surface area (Å²) in [6, 6.07) is 8.88. The maximum absolute atomic E-state index is 14.0. The molecule has 2 unspecified atom stereocenters. The first-order chi connectivity index (χ1) is 15.2. The third-order valence-electron chi connectivity index (χ3n) is 8.12.